The van der Waals surface area contributed by atoms with Gasteiger partial charge in [0.1, 0.15) is 11.3 Å². The Kier molecular flexibility index (Phi) is 6.13. The predicted octanol–water partition coefficient (Wildman–Crippen LogP) is 6.75. The Morgan fingerprint density at radius 3 is 2.30 bits per heavy atom. The molecular weight excluding hydrogens is 484 g/mol. The monoisotopic (exact) mass is 506 g/mol. The van der Waals surface area contributed by atoms with Crippen molar-refractivity contribution in [1.82, 2.24) is 0 Å². The first-order chi connectivity index (χ1) is 15.7. The zero-order valence-electron chi connectivity index (χ0n) is 18.8. The SMILES string of the molecule is COc1ccc(-c2oc3ccccc3c(=O)c2OC(=O)c2ccc(C(C)(C)C)cc2)cc1Br. The predicted molar refractivity (Wildman–Crippen MR) is 132 cm³/mol. The lowest BCUT2D eigenvalue weighted by atomic mass is 9.87. The fraction of sp³-hybridized carbons (Fsp3) is 0.185. The largest absolute Gasteiger partial charge is 0.496 e. The topological polar surface area (TPSA) is 65.7 Å². The summed E-state index contributed by atoms with van der Waals surface area (Å²) < 4.78 is 17.7. The van der Waals surface area contributed by atoms with Gasteiger partial charge in [-0.3, -0.25) is 4.79 Å². The van der Waals surface area contributed by atoms with Gasteiger partial charge in [0.2, 0.25) is 11.2 Å². The van der Waals surface area contributed by atoms with Crippen LogP contribution in [0.3, 0.4) is 0 Å². The van der Waals surface area contributed by atoms with E-state index in [2.05, 4.69) is 36.7 Å². The molecule has 0 aliphatic rings. The summed E-state index contributed by atoms with van der Waals surface area (Å²) in [6, 6.07) is 19.3. The number of rotatable bonds is 4. The van der Waals surface area contributed by atoms with Crippen molar-refractivity contribution in [3.8, 4) is 22.8 Å². The molecule has 0 bridgehead atoms. The summed E-state index contributed by atoms with van der Waals surface area (Å²) in [5, 5.41) is 0.333. The first-order valence-corrected chi connectivity index (χ1v) is 11.2. The number of benzene rings is 3. The van der Waals surface area contributed by atoms with Gasteiger partial charge in [0.25, 0.3) is 0 Å². The van der Waals surface area contributed by atoms with E-state index >= 15 is 0 Å². The number of fused-ring (bicyclic) bond motifs is 1. The van der Waals surface area contributed by atoms with E-state index in [1.807, 2.05) is 12.1 Å². The molecule has 0 saturated carbocycles. The second-order valence-corrected chi connectivity index (χ2v) is 9.51. The summed E-state index contributed by atoms with van der Waals surface area (Å²) in [6.45, 7) is 6.29. The van der Waals surface area contributed by atoms with Gasteiger partial charge in [-0.25, -0.2) is 4.79 Å². The van der Waals surface area contributed by atoms with Crippen LogP contribution < -0.4 is 14.9 Å². The Morgan fingerprint density at radius 2 is 1.67 bits per heavy atom. The van der Waals surface area contributed by atoms with Crippen LogP contribution in [-0.4, -0.2) is 13.1 Å². The molecule has 0 atom stereocenters. The van der Waals surface area contributed by atoms with Gasteiger partial charge in [-0.1, -0.05) is 45.0 Å². The fourth-order valence-electron chi connectivity index (χ4n) is 3.47. The van der Waals surface area contributed by atoms with Gasteiger partial charge in [-0.15, -0.1) is 0 Å². The molecule has 0 unspecified atom stereocenters. The maximum absolute atomic E-state index is 13.3. The van der Waals surface area contributed by atoms with Crippen molar-refractivity contribution < 1.29 is 18.7 Å². The minimum atomic E-state index is -0.633. The highest BCUT2D eigenvalue weighted by atomic mass is 79.9. The normalized spacial score (nSPS) is 11.4. The lowest BCUT2D eigenvalue weighted by molar-refractivity contribution is 0.0731. The summed E-state index contributed by atoms with van der Waals surface area (Å²) in [6.07, 6.45) is 0. The number of esters is 1. The molecule has 0 saturated heterocycles. The number of hydrogen-bond donors (Lipinski definition) is 0. The van der Waals surface area contributed by atoms with Gasteiger partial charge in [-0.2, -0.15) is 0 Å². The molecule has 0 amide bonds. The summed E-state index contributed by atoms with van der Waals surface area (Å²) in [5.74, 6) is 0.00335. The summed E-state index contributed by atoms with van der Waals surface area (Å²) >= 11 is 3.46. The molecule has 3 aromatic carbocycles. The molecule has 0 spiro atoms. The molecule has 0 radical (unpaired) electrons. The Hall–Kier alpha value is -3.38. The molecule has 1 heterocycles. The summed E-state index contributed by atoms with van der Waals surface area (Å²) in [7, 11) is 1.56. The van der Waals surface area contributed by atoms with Gasteiger partial charge in [0, 0.05) is 5.56 Å². The lowest BCUT2D eigenvalue weighted by Gasteiger charge is -2.19. The molecule has 0 aliphatic heterocycles. The number of hydrogen-bond acceptors (Lipinski definition) is 5. The van der Waals surface area contributed by atoms with Crippen molar-refractivity contribution in [1.29, 1.82) is 0 Å². The van der Waals surface area contributed by atoms with Crippen LogP contribution in [0.25, 0.3) is 22.3 Å². The minimum Gasteiger partial charge on any atom is -0.496 e. The van der Waals surface area contributed by atoms with Crippen LogP contribution in [-0.2, 0) is 5.41 Å². The third-order valence-electron chi connectivity index (χ3n) is 5.35. The lowest BCUT2D eigenvalue weighted by Crippen LogP contribution is -2.17. The van der Waals surface area contributed by atoms with E-state index in [9.17, 15) is 9.59 Å². The average Bonchev–Trinajstić information content (AvgIpc) is 2.80. The van der Waals surface area contributed by atoms with E-state index < -0.39 is 11.4 Å². The number of carbonyl (C=O) groups is 1. The van der Waals surface area contributed by atoms with Crippen molar-refractivity contribution in [2.75, 3.05) is 7.11 Å². The maximum Gasteiger partial charge on any atom is 0.343 e. The van der Waals surface area contributed by atoms with Crippen LogP contribution in [0.4, 0.5) is 0 Å². The van der Waals surface area contributed by atoms with E-state index in [-0.39, 0.29) is 16.9 Å². The first-order valence-electron chi connectivity index (χ1n) is 10.4. The van der Waals surface area contributed by atoms with Crippen LogP contribution in [0.15, 0.2) is 80.4 Å². The van der Waals surface area contributed by atoms with E-state index in [0.29, 0.717) is 32.3 Å². The first kappa shape index (κ1) is 22.8. The van der Waals surface area contributed by atoms with E-state index in [0.717, 1.165) is 5.56 Å². The minimum absolute atomic E-state index is 0.0449. The molecule has 0 fully saturated rings. The molecule has 33 heavy (non-hydrogen) atoms. The van der Waals surface area contributed by atoms with Crippen LogP contribution in [0.2, 0.25) is 0 Å². The van der Waals surface area contributed by atoms with Crippen molar-refractivity contribution in [3.05, 3.63) is 92.6 Å². The van der Waals surface area contributed by atoms with E-state index in [4.69, 9.17) is 13.9 Å². The number of ether oxygens (including phenoxy) is 2. The van der Waals surface area contributed by atoms with Crippen molar-refractivity contribution >= 4 is 32.9 Å². The zero-order valence-corrected chi connectivity index (χ0v) is 20.4. The molecule has 0 aliphatic carbocycles. The van der Waals surface area contributed by atoms with Crippen molar-refractivity contribution in [2.24, 2.45) is 0 Å². The molecule has 1 aromatic heterocycles. The van der Waals surface area contributed by atoms with Crippen LogP contribution in [0.1, 0.15) is 36.7 Å². The van der Waals surface area contributed by atoms with Crippen molar-refractivity contribution in [2.45, 2.75) is 26.2 Å². The average molecular weight is 507 g/mol. The fourth-order valence-corrected chi connectivity index (χ4v) is 4.01. The quantitative estimate of drug-likeness (QED) is 0.286. The molecule has 0 N–H and O–H groups in total. The molecule has 168 valence electrons. The molecule has 6 heteroatoms. The van der Waals surface area contributed by atoms with Crippen LogP contribution in [0.5, 0.6) is 11.5 Å². The third-order valence-corrected chi connectivity index (χ3v) is 5.97. The van der Waals surface area contributed by atoms with Gasteiger partial charge < -0.3 is 13.9 Å². The van der Waals surface area contributed by atoms with E-state index in [1.54, 1.807) is 61.7 Å². The third kappa shape index (κ3) is 4.57. The van der Waals surface area contributed by atoms with Crippen molar-refractivity contribution in [3.63, 3.8) is 0 Å². The number of carbonyl (C=O) groups excluding carboxylic acids is 1. The Morgan fingerprint density at radius 1 is 0.970 bits per heavy atom. The Bertz CT molecular complexity index is 1400. The standard InChI is InChI=1S/C27H23BrO5/c1-27(2,3)18-12-9-16(10-13-18)26(30)33-25-23(29)19-7-5-6-8-21(19)32-24(25)17-11-14-22(31-4)20(28)15-17/h5-15H,1-4H3. The second kappa shape index (κ2) is 8.87. The molecule has 4 rings (SSSR count). The Labute approximate surface area is 200 Å². The molecule has 5 nitrogen and oxygen atoms in total. The smallest absolute Gasteiger partial charge is 0.343 e. The Balaban J connectivity index is 1.81. The van der Waals surface area contributed by atoms with E-state index in [1.165, 1.54) is 0 Å². The molecule has 4 aromatic rings. The summed E-state index contributed by atoms with van der Waals surface area (Å²) in [4.78, 5) is 26.3. The maximum atomic E-state index is 13.3. The number of methoxy groups -OCH3 is 1. The number of para-hydroxylation sites is 1. The second-order valence-electron chi connectivity index (χ2n) is 8.65. The highest BCUT2D eigenvalue weighted by Crippen LogP contribution is 2.36. The van der Waals surface area contributed by atoms with Crippen LogP contribution >= 0.6 is 15.9 Å². The van der Waals surface area contributed by atoms with Gasteiger partial charge in [0.05, 0.1) is 22.5 Å². The van der Waals surface area contributed by atoms with Gasteiger partial charge in [-0.05, 0) is 69.4 Å². The van der Waals surface area contributed by atoms with Crippen LogP contribution in [0, 0.1) is 0 Å². The van der Waals surface area contributed by atoms with Gasteiger partial charge >= 0.3 is 5.97 Å². The number of halogens is 1. The highest BCUT2D eigenvalue weighted by Gasteiger charge is 2.22. The van der Waals surface area contributed by atoms with Gasteiger partial charge in [0.15, 0.2) is 5.76 Å². The molecular formula is C27H23BrO5. The highest BCUT2D eigenvalue weighted by molar-refractivity contribution is 9.10. The summed E-state index contributed by atoms with van der Waals surface area (Å²) in [5.41, 5.74) is 1.94. The zero-order chi connectivity index (χ0) is 23.8.